The van der Waals surface area contributed by atoms with Crippen LogP contribution in [0.5, 0.6) is 11.5 Å². The molecule has 2 aromatic rings. The van der Waals surface area contributed by atoms with Crippen molar-refractivity contribution >= 4 is 0 Å². The Kier molecular flexibility index (Phi) is 5.02. The molecule has 114 valence electrons. The van der Waals surface area contributed by atoms with Gasteiger partial charge in [-0.25, -0.2) is 0 Å². The normalized spacial score (nSPS) is 10.9. The van der Waals surface area contributed by atoms with Gasteiger partial charge in [0.05, 0.1) is 5.69 Å². The van der Waals surface area contributed by atoms with Crippen LogP contribution in [0.2, 0.25) is 0 Å². The number of aromatic nitrogens is 2. The molecule has 0 atom stereocenters. The summed E-state index contributed by atoms with van der Waals surface area (Å²) in [5.41, 5.74) is 4.39. The second-order valence-electron chi connectivity index (χ2n) is 5.51. The number of rotatable bonds is 6. The van der Waals surface area contributed by atoms with Crippen LogP contribution in [-0.2, 0) is 13.6 Å². The standard InChI is InChI=1S/C17H25N3O/c1-6-9-18-11-15-10-12(2)7-8-16(15)21-17-13(3)19-20(5)14(17)4/h7-8,10,18H,6,9,11H2,1-5H3. The van der Waals surface area contributed by atoms with Gasteiger partial charge in [-0.2, -0.15) is 5.10 Å². The molecule has 2 rings (SSSR count). The summed E-state index contributed by atoms with van der Waals surface area (Å²) in [4.78, 5) is 0. The van der Waals surface area contributed by atoms with Crippen LogP contribution in [0.3, 0.4) is 0 Å². The maximum Gasteiger partial charge on any atom is 0.171 e. The highest BCUT2D eigenvalue weighted by Crippen LogP contribution is 2.30. The Morgan fingerprint density at radius 3 is 2.62 bits per heavy atom. The number of nitrogens with zero attached hydrogens (tertiary/aromatic N) is 2. The molecule has 0 bridgehead atoms. The van der Waals surface area contributed by atoms with Gasteiger partial charge in [0.15, 0.2) is 5.75 Å². The SMILES string of the molecule is CCCNCc1cc(C)ccc1Oc1c(C)nn(C)c1C. The van der Waals surface area contributed by atoms with Crippen LogP contribution in [0.15, 0.2) is 18.2 Å². The van der Waals surface area contributed by atoms with E-state index in [4.69, 9.17) is 4.74 Å². The van der Waals surface area contributed by atoms with Crippen LogP contribution in [0.25, 0.3) is 0 Å². The molecular weight excluding hydrogens is 262 g/mol. The minimum absolute atomic E-state index is 0.823. The molecule has 4 nitrogen and oxygen atoms in total. The molecule has 21 heavy (non-hydrogen) atoms. The second kappa shape index (κ2) is 6.76. The predicted molar refractivity (Wildman–Crippen MR) is 85.9 cm³/mol. The molecule has 1 aromatic heterocycles. The summed E-state index contributed by atoms with van der Waals surface area (Å²) in [7, 11) is 1.94. The zero-order valence-corrected chi connectivity index (χ0v) is 13.7. The molecule has 1 heterocycles. The van der Waals surface area contributed by atoms with Gasteiger partial charge in [0, 0.05) is 19.2 Å². The van der Waals surface area contributed by atoms with Crippen LogP contribution in [0.1, 0.15) is 35.9 Å². The Morgan fingerprint density at radius 2 is 2.00 bits per heavy atom. The largest absolute Gasteiger partial charge is 0.453 e. The van der Waals surface area contributed by atoms with Crippen molar-refractivity contribution in [2.24, 2.45) is 7.05 Å². The van der Waals surface area contributed by atoms with E-state index in [1.54, 1.807) is 0 Å². The van der Waals surface area contributed by atoms with Gasteiger partial charge in [-0.1, -0.05) is 24.6 Å². The van der Waals surface area contributed by atoms with Crippen LogP contribution in [-0.4, -0.2) is 16.3 Å². The lowest BCUT2D eigenvalue weighted by atomic mass is 10.1. The zero-order chi connectivity index (χ0) is 15.4. The van der Waals surface area contributed by atoms with Crippen molar-refractivity contribution in [3.05, 3.63) is 40.7 Å². The Hall–Kier alpha value is -1.81. The van der Waals surface area contributed by atoms with Gasteiger partial charge in [0.25, 0.3) is 0 Å². The van der Waals surface area contributed by atoms with E-state index in [2.05, 4.69) is 36.4 Å². The Balaban J connectivity index is 2.26. The summed E-state index contributed by atoms with van der Waals surface area (Å²) >= 11 is 0. The molecule has 0 fully saturated rings. The summed E-state index contributed by atoms with van der Waals surface area (Å²) < 4.78 is 8.01. The molecule has 4 heteroatoms. The molecule has 0 aliphatic carbocycles. The van der Waals surface area contributed by atoms with Gasteiger partial charge in [0.1, 0.15) is 11.4 Å². The molecule has 0 radical (unpaired) electrons. The number of hydrogen-bond acceptors (Lipinski definition) is 3. The van der Waals surface area contributed by atoms with Crippen molar-refractivity contribution in [3.8, 4) is 11.5 Å². The van der Waals surface area contributed by atoms with E-state index >= 15 is 0 Å². The van der Waals surface area contributed by atoms with Gasteiger partial charge in [-0.05, 0) is 39.8 Å². The number of ether oxygens (including phenoxy) is 1. The molecule has 0 spiro atoms. The monoisotopic (exact) mass is 287 g/mol. The predicted octanol–water partition coefficient (Wildman–Crippen LogP) is 3.64. The van der Waals surface area contributed by atoms with E-state index in [9.17, 15) is 0 Å². The maximum atomic E-state index is 6.15. The molecule has 0 amide bonds. The lowest BCUT2D eigenvalue weighted by Gasteiger charge is -2.13. The third kappa shape index (κ3) is 3.64. The zero-order valence-electron chi connectivity index (χ0n) is 13.7. The Labute approximate surface area is 127 Å². The smallest absolute Gasteiger partial charge is 0.171 e. The lowest BCUT2D eigenvalue weighted by Crippen LogP contribution is -2.14. The maximum absolute atomic E-state index is 6.15. The average Bonchev–Trinajstić information content (AvgIpc) is 2.68. The van der Waals surface area contributed by atoms with Gasteiger partial charge in [-0.3, -0.25) is 4.68 Å². The highest BCUT2D eigenvalue weighted by atomic mass is 16.5. The summed E-state index contributed by atoms with van der Waals surface area (Å²) in [5, 5.41) is 7.84. The van der Waals surface area contributed by atoms with Crippen molar-refractivity contribution < 1.29 is 4.74 Å². The molecule has 0 unspecified atom stereocenters. The van der Waals surface area contributed by atoms with Gasteiger partial charge < -0.3 is 10.1 Å². The highest BCUT2D eigenvalue weighted by molar-refractivity contribution is 5.42. The quantitative estimate of drug-likeness (QED) is 0.824. The van der Waals surface area contributed by atoms with Crippen LogP contribution in [0, 0.1) is 20.8 Å². The molecule has 0 saturated carbocycles. The van der Waals surface area contributed by atoms with Gasteiger partial charge in [0.2, 0.25) is 0 Å². The summed E-state index contributed by atoms with van der Waals surface area (Å²) in [6, 6.07) is 6.31. The van der Waals surface area contributed by atoms with E-state index < -0.39 is 0 Å². The summed E-state index contributed by atoms with van der Waals surface area (Å²) in [6.07, 6.45) is 1.13. The fraction of sp³-hybridized carbons (Fsp3) is 0.471. The van der Waals surface area contributed by atoms with Crippen molar-refractivity contribution in [1.29, 1.82) is 0 Å². The first-order chi connectivity index (χ1) is 10.0. The number of aryl methyl sites for hydroxylation is 3. The van der Waals surface area contributed by atoms with Crippen molar-refractivity contribution in [1.82, 2.24) is 15.1 Å². The molecule has 1 aromatic carbocycles. The fourth-order valence-corrected chi connectivity index (χ4v) is 2.36. The van der Waals surface area contributed by atoms with E-state index in [0.29, 0.717) is 0 Å². The minimum Gasteiger partial charge on any atom is -0.453 e. The molecular formula is C17H25N3O. The van der Waals surface area contributed by atoms with Crippen molar-refractivity contribution in [3.63, 3.8) is 0 Å². The molecule has 0 saturated heterocycles. The van der Waals surface area contributed by atoms with E-state index in [-0.39, 0.29) is 0 Å². The van der Waals surface area contributed by atoms with Crippen LogP contribution >= 0.6 is 0 Å². The summed E-state index contributed by atoms with van der Waals surface area (Å²) in [5.74, 6) is 1.77. The van der Waals surface area contributed by atoms with Crippen molar-refractivity contribution in [2.45, 2.75) is 40.7 Å². The lowest BCUT2D eigenvalue weighted by molar-refractivity contribution is 0.464. The van der Waals surface area contributed by atoms with Crippen molar-refractivity contribution in [2.75, 3.05) is 6.54 Å². The first kappa shape index (κ1) is 15.6. The first-order valence-electron chi connectivity index (χ1n) is 7.51. The Bertz CT molecular complexity index is 617. The van der Waals surface area contributed by atoms with Crippen LogP contribution < -0.4 is 10.1 Å². The van der Waals surface area contributed by atoms with Crippen LogP contribution in [0.4, 0.5) is 0 Å². The number of nitrogens with one attached hydrogen (secondary N) is 1. The molecule has 0 aliphatic rings. The topological polar surface area (TPSA) is 39.1 Å². The molecule has 1 N–H and O–H groups in total. The number of benzene rings is 1. The highest BCUT2D eigenvalue weighted by Gasteiger charge is 2.13. The van der Waals surface area contributed by atoms with E-state index in [1.165, 1.54) is 11.1 Å². The fourth-order valence-electron chi connectivity index (χ4n) is 2.36. The third-order valence-electron chi connectivity index (χ3n) is 3.61. The van der Waals surface area contributed by atoms with Gasteiger partial charge in [-0.15, -0.1) is 0 Å². The minimum atomic E-state index is 0.823. The van der Waals surface area contributed by atoms with E-state index in [0.717, 1.165) is 42.4 Å². The van der Waals surface area contributed by atoms with Gasteiger partial charge >= 0.3 is 0 Å². The second-order valence-corrected chi connectivity index (χ2v) is 5.51. The van der Waals surface area contributed by atoms with E-state index in [1.807, 2.05) is 31.6 Å². The summed E-state index contributed by atoms with van der Waals surface area (Å²) in [6.45, 7) is 10.1. The molecule has 0 aliphatic heterocycles. The first-order valence-corrected chi connectivity index (χ1v) is 7.51. The Morgan fingerprint density at radius 1 is 1.24 bits per heavy atom. The number of hydrogen-bond donors (Lipinski definition) is 1. The average molecular weight is 287 g/mol. The third-order valence-corrected chi connectivity index (χ3v) is 3.61.